The fourth-order valence-electron chi connectivity index (χ4n) is 2.70. The molecule has 2 aromatic rings. The van der Waals surface area contributed by atoms with E-state index in [1.807, 2.05) is 6.07 Å². The Kier molecular flexibility index (Phi) is 6.60. The molecule has 0 spiro atoms. The second kappa shape index (κ2) is 8.70. The van der Waals surface area contributed by atoms with Crippen molar-refractivity contribution in [3.8, 4) is 5.75 Å². The number of alkyl halides is 2. The number of carbonyl (C=O) groups is 1. The molecular formula is C20H24F2N2O3. The van der Waals surface area contributed by atoms with E-state index in [0.717, 1.165) is 12.5 Å². The highest BCUT2D eigenvalue weighted by molar-refractivity contribution is 5.64. The summed E-state index contributed by atoms with van der Waals surface area (Å²) in [7, 11) is 0. The van der Waals surface area contributed by atoms with Gasteiger partial charge in [-0.2, -0.15) is 0 Å². The molecule has 0 aromatic heterocycles. The van der Waals surface area contributed by atoms with Crippen LogP contribution < -0.4 is 10.6 Å². The van der Waals surface area contributed by atoms with E-state index in [4.69, 9.17) is 5.11 Å². The molecule has 146 valence electrons. The fraction of sp³-hybridized carbons (Fsp3) is 0.350. The molecule has 0 aliphatic rings. The van der Waals surface area contributed by atoms with E-state index >= 15 is 0 Å². The van der Waals surface area contributed by atoms with Gasteiger partial charge in [0.05, 0.1) is 5.69 Å². The first-order chi connectivity index (χ1) is 12.6. The molecular weight excluding hydrogens is 354 g/mol. The lowest BCUT2D eigenvalue weighted by molar-refractivity contribution is 0.0174. The molecule has 4 N–H and O–H groups in total. The van der Waals surface area contributed by atoms with Crippen molar-refractivity contribution in [2.45, 2.75) is 45.2 Å². The third-order valence-electron chi connectivity index (χ3n) is 4.21. The highest BCUT2D eigenvalue weighted by atomic mass is 19.3. The van der Waals surface area contributed by atoms with Crippen LogP contribution in [0.1, 0.15) is 37.0 Å². The third-order valence-corrected chi connectivity index (χ3v) is 4.21. The van der Waals surface area contributed by atoms with Gasteiger partial charge in [0.25, 0.3) is 5.92 Å². The van der Waals surface area contributed by atoms with Gasteiger partial charge in [-0.25, -0.2) is 13.6 Å². The maximum atomic E-state index is 13.4. The van der Waals surface area contributed by atoms with Crippen molar-refractivity contribution in [2.24, 2.45) is 0 Å². The number of halogens is 2. The minimum atomic E-state index is -2.90. The van der Waals surface area contributed by atoms with E-state index in [-0.39, 0.29) is 17.4 Å². The molecule has 7 heteroatoms. The first kappa shape index (κ1) is 20.5. The Hall–Kier alpha value is -2.83. The van der Waals surface area contributed by atoms with Gasteiger partial charge in [-0.3, -0.25) is 0 Å². The summed E-state index contributed by atoms with van der Waals surface area (Å²) < 4.78 is 26.8. The molecule has 0 heterocycles. The van der Waals surface area contributed by atoms with Gasteiger partial charge in [-0.15, -0.1) is 0 Å². The van der Waals surface area contributed by atoms with Crippen LogP contribution in [0.15, 0.2) is 42.5 Å². The van der Waals surface area contributed by atoms with Crippen LogP contribution in [0.5, 0.6) is 5.75 Å². The molecule has 27 heavy (non-hydrogen) atoms. The van der Waals surface area contributed by atoms with Gasteiger partial charge in [-0.05, 0) is 49.1 Å². The van der Waals surface area contributed by atoms with E-state index < -0.39 is 12.0 Å². The smallest absolute Gasteiger partial charge is 0.404 e. The van der Waals surface area contributed by atoms with E-state index in [0.29, 0.717) is 30.6 Å². The summed E-state index contributed by atoms with van der Waals surface area (Å²) in [6.45, 7) is 2.94. The Labute approximate surface area is 157 Å². The van der Waals surface area contributed by atoms with Crippen molar-refractivity contribution in [2.75, 3.05) is 5.32 Å². The summed E-state index contributed by atoms with van der Waals surface area (Å²) >= 11 is 0. The minimum absolute atomic E-state index is 0.0505. The van der Waals surface area contributed by atoms with Crippen LogP contribution in [0.2, 0.25) is 0 Å². The first-order valence-corrected chi connectivity index (χ1v) is 8.67. The van der Waals surface area contributed by atoms with Crippen LogP contribution in [0.4, 0.5) is 19.3 Å². The number of hydrogen-bond acceptors (Lipinski definition) is 3. The number of aryl methyl sites for hydroxylation is 1. The Morgan fingerprint density at radius 3 is 2.56 bits per heavy atom. The molecule has 1 amide bonds. The van der Waals surface area contributed by atoms with Crippen LogP contribution in [-0.2, 0) is 18.9 Å². The second-order valence-corrected chi connectivity index (χ2v) is 6.68. The van der Waals surface area contributed by atoms with Crippen molar-refractivity contribution in [1.82, 2.24) is 5.32 Å². The average Bonchev–Trinajstić information content (AvgIpc) is 2.58. The molecule has 1 atom stereocenters. The van der Waals surface area contributed by atoms with Gasteiger partial charge in [-0.1, -0.05) is 24.3 Å². The van der Waals surface area contributed by atoms with Crippen molar-refractivity contribution in [1.29, 1.82) is 0 Å². The number of phenols is 1. The zero-order chi connectivity index (χ0) is 20.0. The average molecular weight is 378 g/mol. The SMILES string of the molecule is CC(CCc1ccc(NCc2cccc(C(C)(F)F)c2)c(O)c1)NC(=O)O. The number of anilines is 1. The maximum Gasteiger partial charge on any atom is 0.404 e. The lowest BCUT2D eigenvalue weighted by Gasteiger charge is -2.14. The quantitative estimate of drug-likeness (QED) is 0.502. The molecule has 0 saturated carbocycles. The standard InChI is InChI=1S/C20H24F2N2O3/c1-13(24-19(26)27)6-7-14-8-9-17(18(25)11-14)23-12-15-4-3-5-16(10-15)20(2,21)22/h3-5,8-11,13,23-25H,6-7,12H2,1-2H3,(H,26,27). The van der Waals surface area contributed by atoms with Crippen molar-refractivity contribution < 1.29 is 23.8 Å². The van der Waals surface area contributed by atoms with Crippen LogP contribution >= 0.6 is 0 Å². The number of amides is 1. The molecule has 0 radical (unpaired) electrons. The van der Waals surface area contributed by atoms with Crippen LogP contribution in [-0.4, -0.2) is 22.3 Å². The number of hydrogen-bond donors (Lipinski definition) is 4. The van der Waals surface area contributed by atoms with E-state index in [1.54, 1.807) is 31.2 Å². The predicted octanol–water partition coefficient (Wildman–Crippen LogP) is 4.70. The van der Waals surface area contributed by atoms with E-state index in [2.05, 4.69) is 10.6 Å². The molecule has 2 rings (SSSR count). The number of nitrogens with one attached hydrogen (secondary N) is 2. The second-order valence-electron chi connectivity index (χ2n) is 6.68. The van der Waals surface area contributed by atoms with Gasteiger partial charge < -0.3 is 20.8 Å². The molecule has 2 aromatic carbocycles. The number of carboxylic acid groups (broad SMARTS) is 1. The zero-order valence-corrected chi connectivity index (χ0v) is 15.3. The van der Waals surface area contributed by atoms with E-state index in [1.165, 1.54) is 12.1 Å². The van der Waals surface area contributed by atoms with Crippen molar-refractivity contribution in [3.63, 3.8) is 0 Å². The summed E-state index contributed by atoms with van der Waals surface area (Å²) in [5, 5.41) is 24.3. The molecule has 0 fully saturated rings. The van der Waals surface area contributed by atoms with Gasteiger partial charge >= 0.3 is 6.09 Å². The minimum Gasteiger partial charge on any atom is -0.506 e. The van der Waals surface area contributed by atoms with Crippen LogP contribution in [0.25, 0.3) is 0 Å². The van der Waals surface area contributed by atoms with E-state index in [9.17, 15) is 18.7 Å². The monoisotopic (exact) mass is 378 g/mol. The Bertz CT molecular complexity index is 791. The molecule has 5 nitrogen and oxygen atoms in total. The van der Waals surface area contributed by atoms with Crippen molar-refractivity contribution in [3.05, 3.63) is 59.2 Å². The predicted molar refractivity (Wildman–Crippen MR) is 100 cm³/mol. The largest absolute Gasteiger partial charge is 0.506 e. The number of rotatable bonds is 8. The molecule has 0 aliphatic carbocycles. The molecule has 0 saturated heterocycles. The fourth-order valence-corrected chi connectivity index (χ4v) is 2.70. The summed E-state index contributed by atoms with van der Waals surface area (Å²) in [4.78, 5) is 10.6. The highest BCUT2D eigenvalue weighted by Crippen LogP contribution is 2.28. The number of benzene rings is 2. The first-order valence-electron chi connectivity index (χ1n) is 8.67. The Morgan fingerprint density at radius 2 is 1.93 bits per heavy atom. The van der Waals surface area contributed by atoms with Gasteiger partial charge in [0, 0.05) is 25.1 Å². The highest BCUT2D eigenvalue weighted by Gasteiger charge is 2.24. The molecule has 0 aliphatic heterocycles. The zero-order valence-electron chi connectivity index (χ0n) is 15.3. The summed E-state index contributed by atoms with van der Waals surface area (Å²) in [6, 6.07) is 11.1. The van der Waals surface area contributed by atoms with Crippen LogP contribution in [0, 0.1) is 0 Å². The lowest BCUT2D eigenvalue weighted by atomic mass is 10.0. The Balaban J connectivity index is 1.95. The number of aromatic hydroxyl groups is 1. The normalized spacial score (nSPS) is 12.4. The molecule has 0 bridgehead atoms. The van der Waals surface area contributed by atoms with Crippen LogP contribution in [0.3, 0.4) is 0 Å². The summed E-state index contributed by atoms with van der Waals surface area (Å²) in [5.41, 5.74) is 2.02. The topological polar surface area (TPSA) is 81.6 Å². The summed E-state index contributed by atoms with van der Waals surface area (Å²) in [5.74, 6) is -2.84. The lowest BCUT2D eigenvalue weighted by Crippen LogP contribution is -2.31. The van der Waals surface area contributed by atoms with Gasteiger partial charge in [0.15, 0.2) is 0 Å². The van der Waals surface area contributed by atoms with Gasteiger partial charge in [0.2, 0.25) is 0 Å². The number of phenolic OH excluding ortho intramolecular Hbond substituents is 1. The summed E-state index contributed by atoms with van der Waals surface area (Å²) in [6.07, 6.45) is 0.161. The maximum absolute atomic E-state index is 13.4. The third kappa shape index (κ3) is 6.44. The van der Waals surface area contributed by atoms with Gasteiger partial charge in [0.1, 0.15) is 5.75 Å². The molecule has 1 unspecified atom stereocenters. The van der Waals surface area contributed by atoms with Crippen molar-refractivity contribution >= 4 is 11.8 Å². The Morgan fingerprint density at radius 1 is 1.19 bits per heavy atom.